The zero-order chi connectivity index (χ0) is 14.5. The molecule has 0 bridgehead atoms. The molecule has 2 rings (SSSR count). The van der Waals surface area contributed by atoms with Crippen LogP contribution >= 0.6 is 0 Å². The predicted octanol–water partition coefficient (Wildman–Crippen LogP) is 3.18. The molecule has 104 valence electrons. The Hall–Kier alpha value is -2.36. The average Bonchev–Trinajstić information content (AvgIpc) is 2.98. The van der Waals surface area contributed by atoms with E-state index in [1.807, 2.05) is 12.1 Å². The summed E-state index contributed by atoms with van der Waals surface area (Å²) in [6, 6.07) is 10.6. The number of carbonyl (C=O) groups is 2. The van der Waals surface area contributed by atoms with Crippen molar-refractivity contribution in [3.8, 4) is 0 Å². The first-order chi connectivity index (χ1) is 9.58. The summed E-state index contributed by atoms with van der Waals surface area (Å²) in [7, 11) is 0. The van der Waals surface area contributed by atoms with Crippen molar-refractivity contribution in [1.82, 2.24) is 4.98 Å². The van der Waals surface area contributed by atoms with E-state index in [2.05, 4.69) is 18.8 Å². The number of aromatic nitrogens is 1. The van der Waals surface area contributed by atoms with Gasteiger partial charge in [-0.2, -0.15) is 0 Å². The molecule has 4 nitrogen and oxygen atoms in total. The number of benzene rings is 1. The minimum Gasteiger partial charge on any atom is -0.454 e. The van der Waals surface area contributed by atoms with Gasteiger partial charge in [-0.05, 0) is 35.7 Å². The van der Waals surface area contributed by atoms with Gasteiger partial charge in [-0.3, -0.25) is 4.79 Å². The SMILES string of the molecule is CC(C)c1ccc(C(=O)OCC(=O)c2ccc[nH]2)cc1. The summed E-state index contributed by atoms with van der Waals surface area (Å²) < 4.78 is 5.01. The number of hydrogen-bond acceptors (Lipinski definition) is 3. The van der Waals surface area contributed by atoms with Crippen molar-refractivity contribution in [1.29, 1.82) is 0 Å². The number of rotatable bonds is 5. The molecule has 0 aliphatic heterocycles. The second-order valence-electron chi connectivity index (χ2n) is 4.86. The molecule has 20 heavy (non-hydrogen) atoms. The molecule has 1 aromatic heterocycles. The smallest absolute Gasteiger partial charge is 0.338 e. The fourth-order valence-corrected chi connectivity index (χ4v) is 1.80. The Labute approximate surface area is 117 Å². The van der Waals surface area contributed by atoms with E-state index in [4.69, 9.17) is 4.74 Å². The molecule has 1 N–H and O–H groups in total. The highest BCUT2D eigenvalue weighted by molar-refractivity contribution is 5.98. The predicted molar refractivity (Wildman–Crippen MR) is 75.9 cm³/mol. The number of nitrogens with one attached hydrogen (secondary N) is 1. The standard InChI is InChI=1S/C16H17NO3/c1-11(2)12-5-7-13(8-6-12)16(19)20-10-15(18)14-4-3-9-17-14/h3-9,11,17H,10H2,1-2H3. The quantitative estimate of drug-likeness (QED) is 0.671. The Balaban J connectivity index is 1.93. The van der Waals surface area contributed by atoms with Gasteiger partial charge in [0.25, 0.3) is 0 Å². The number of ether oxygens (including phenoxy) is 1. The molecule has 0 unspecified atom stereocenters. The molecule has 0 aliphatic rings. The van der Waals surface area contributed by atoms with Gasteiger partial charge in [0.2, 0.25) is 5.78 Å². The summed E-state index contributed by atoms with van der Waals surface area (Å²) in [6.07, 6.45) is 1.65. The fraction of sp³-hybridized carbons (Fsp3) is 0.250. The van der Waals surface area contributed by atoms with E-state index in [0.717, 1.165) is 5.56 Å². The summed E-state index contributed by atoms with van der Waals surface area (Å²) in [5.74, 6) is -0.322. The van der Waals surface area contributed by atoms with Gasteiger partial charge < -0.3 is 9.72 Å². The van der Waals surface area contributed by atoms with Crippen molar-refractivity contribution in [3.05, 3.63) is 59.4 Å². The zero-order valence-electron chi connectivity index (χ0n) is 11.6. The van der Waals surface area contributed by atoms with Crippen LogP contribution < -0.4 is 0 Å². The highest BCUT2D eigenvalue weighted by Gasteiger charge is 2.12. The Morgan fingerprint density at radius 3 is 2.40 bits per heavy atom. The zero-order valence-corrected chi connectivity index (χ0v) is 11.6. The number of Topliss-reactive ketones (excluding diaryl/α,β-unsaturated/α-hetero) is 1. The van der Waals surface area contributed by atoms with E-state index in [0.29, 0.717) is 17.2 Å². The van der Waals surface area contributed by atoms with E-state index in [-0.39, 0.29) is 12.4 Å². The molecule has 0 aliphatic carbocycles. The molecule has 0 fully saturated rings. The second kappa shape index (κ2) is 6.19. The summed E-state index contributed by atoms with van der Waals surface area (Å²) in [4.78, 5) is 26.3. The Morgan fingerprint density at radius 1 is 1.15 bits per heavy atom. The van der Waals surface area contributed by atoms with E-state index in [1.54, 1.807) is 30.5 Å². The largest absolute Gasteiger partial charge is 0.454 e. The summed E-state index contributed by atoms with van der Waals surface area (Å²) >= 11 is 0. The highest BCUT2D eigenvalue weighted by atomic mass is 16.5. The summed E-state index contributed by atoms with van der Waals surface area (Å²) in [5, 5.41) is 0. The minimum absolute atomic E-state index is 0.248. The van der Waals surface area contributed by atoms with E-state index in [1.165, 1.54) is 0 Å². The van der Waals surface area contributed by atoms with Gasteiger partial charge in [-0.1, -0.05) is 26.0 Å². The molecule has 1 heterocycles. The third-order valence-corrected chi connectivity index (χ3v) is 3.05. The van der Waals surface area contributed by atoms with Crippen LogP contribution in [0, 0.1) is 0 Å². The maximum atomic E-state index is 11.8. The van der Waals surface area contributed by atoms with Crippen molar-refractivity contribution in [2.75, 3.05) is 6.61 Å². The van der Waals surface area contributed by atoms with Crippen molar-refractivity contribution in [2.24, 2.45) is 0 Å². The molecule has 0 spiro atoms. The molecule has 0 saturated carbocycles. The van der Waals surface area contributed by atoms with Gasteiger partial charge in [0.1, 0.15) is 0 Å². The van der Waals surface area contributed by atoms with Crippen LogP contribution in [0.25, 0.3) is 0 Å². The van der Waals surface area contributed by atoms with Gasteiger partial charge >= 0.3 is 5.97 Å². The van der Waals surface area contributed by atoms with Gasteiger partial charge in [0.05, 0.1) is 11.3 Å². The molecule has 0 radical (unpaired) electrons. The first-order valence-corrected chi connectivity index (χ1v) is 6.51. The van der Waals surface area contributed by atoms with Gasteiger partial charge in [-0.15, -0.1) is 0 Å². The lowest BCUT2D eigenvalue weighted by Gasteiger charge is -2.07. The molecule has 1 aromatic carbocycles. The Morgan fingerprint density at radius 2 is 1.85 bits per heavy atom. The highest BCUT2D eigenvalue weighted by Crippen LogP contribution is 2.15. The number of H-pyrrole nitrogens is 1. The Kier molecular flexibility index (Phi) is 4.35. The first-order valence-electron chi connectivity index (χ1n) is 6.51. The van der Waals surface area contributed by atoms with Crippen LogP contribution in [-0.2, 0) is 4.74 Å². The van der Waals surface area contributed by atoms with Gasteiger partial charge in [0, 0.05) is 6.20 Å². The molecule has 4 heteroatoms. The third kappa shape index (κ3) is 3.35. The van der Waals surface area contributed by atoms with Gasteiger partial charge in [0.15, 0.2) is 6.61 Å². The monoisotopic (exact) mass is 271 g/mol. The lowest BCUT2D eigenvalue weighted by Crippen LogP contribution is -2.14. The van der Waals surface area contributed by atoms with Crippen LogP contribution in [0.3, 0.4) is 0 Å². The van der Waals surface area contributed by atoms with Crippen molar-refractivity contribution in [3.63, 3.8) is 0 Å². The number of esters is 1. The van der Waals surface area contributed by atoms with Crippen molar-refractivity contribution >= 4 is 11.8 Å². The number of aromatic amines is 1. The van der Waals surface area contributed by atoms with Crippen LogP contribution in [-0.4, -0.2) is 23.3 Å². The molecule has 0 saturated heterocycles. The molecular weight excluding hydrogens is 254 g/mol. The number of hydrogen-bond donors (Lipinski definition) is 1. The van der Waals surface area contributed by atoms with E-state index >= 15 is 0 Å². The van der Waals surface area contributed by atoms with Gasteiger partial charge in [-0.25, -0.2) is 4.79 Å². The maximum absolute atomic E-state index is 11.8. The van der Waals surface area contributed by atoms with Crippen LogP contribution in [0.2, 0.25) is 0 Å². The average molecular weight is 271 g/mol. The van der Waals surface area contributed by atoms with Crippen LogP contribution in [0.5, 0.6) is 0 Å². The van der Waals surface area contributed by atoms with Crippen LogP contribution in [0.15, 0.2) is 42.6 Å². The summed E-state index contributed by atoms with van der Waals surface area (Å²) in [5.41, 5.74) is 2.05. The molecular formula is C16H17NO3. The summed E-state index contributed by atoms with van der Waals surface area (Å²) in [6.45, 7) is 3.91. The fourth-order valence-electron chi connectivity index (χ4n) is 1.80. The maximum Gasteiger partial charge on any atom is 0.338 e. The van der Waals surface area contributed by atoms with Crippen molar-refractivity contribution < 1.29 is 14.3 Å². The molecule has 0 atom stereocenters. The number of carbonyl (C=O) groups excluding carboxylic acids is 2. The van der Waals surface area contributed by atoms with Crippen LogP contribution in [0.4, 0.5) is 0 Å². The molecule has 0 amide bonds. The molecule has 2 aromatic rings. The third-order valence-electron chi connectivity index (χ3n) is 3.05. The van der Waals surface area contributed by atoms with E-state index in [9.17, 15) is 9.59 Å². The van der Waals surface area contributed by atoms with E-state index < -0.39 is 5.97 Å². The Bertz CT molecular complexity index is 583. The second-order valence-corrected chi connectivity index (χ2v) is 4.86. The van der Waals surface area contributed by atoms with Crippen LogP contribution in [0.1, 0.15) is 46.2 Å². The lowest BCUT2D eigenvalue weighted by atomic mass is 10.0. The normalized spacial score (nSPS) is 10.6. The van der Waals surface area contributed by atoms with Crippen molar-refractivity contribution in [2.45, 2.75) is 19.8 Å². The lowest BCUT2D eigenvalue weighted by molar-refractivity contribution is 0.0473. The topological polar surface area (TPSA) is 59.2 Å². The first kappa shape index (κ1) is 14.1. The number of ketones is 1. The minimum atomic E-state index is -0.486.